The Balaban J connectivity index is 1.45. The molecule has 25 atom stereocenters. The van der Waals surface area contributed by atoms with Gasteiger partial charge in [-0.15, -0.1) is 0 Å². The smallest absolute Gasteiger partial charge is 0.217 e. The number of ether oxygens (including phenoxy) is 9. The van der Waals surface area contributed by atoms with Crippen LogP contribution in [0, 0.1) is 0 Å². The van der Waals surface area contributed by atoms with Crippen LogP contribution in [-0.4, -0.2) is 274 Å². The zero-order valence-electron chi connectivity index (χ0n) is 31.2. The standard InChI is InChI=1S/C32H55NO26/c1-7(39)33-13-24(56-30-18(47)16(45)21(53-30)8(40)2-34)14(43)12(6-38)52-29(13)58-26-20(49)23(10(42)4-36)55-32(26)59-27-25(15(44)11(5-37)51-28(27)50)57-31-19(48)17(46)22(54-31)9(41)3-35/h8-32,34-38,40-50H,2-6H2,1H3,(H,33,39)/t8-,9-,10-,11-,12-,13-,14-,15+,16-,17-,18-,19-,20+,21+,22+,23+,24-,25+,26-,27-,28-,29-,30-,31+,32-/m1/s1. The molecule has 27 nitrogen and oxygen atoms in total. The summed E-state index contributed by atoms with van der Waals surface area (Å²) in [5.74, 6) is -0.813. The lowest BCUT2D eigenvalue weighted by Gasteiger charge is -2.46. The second kappa shape index (κ2) is 20.8. The van der Waals surface area contributed by atoms with Gasteiger partial charge in [-0.1, -0.05) is 0 Å². The number of nitrogens with one attached hydrogen (secondary N) is 1. The summed E-state index contributed by atoms with van der Waals surface area (Å²) in [4.78, 5) is 12.5. The number of aliphatic hydroxyl groups excluding tert-OH is 16. The summed E-state index contributed by atoms with van der Waals surface area (Å²) in [7, 11) is 0. The number of carbonyl (C=O) groups is 1. The quantitative estimate of drug-likeness (QED) is 0.0645. The molecule has 1 amide bonds. The maximum atomic E-state index is 12.5. The average molecular weight is 870 g/mol. The van der Waals surface area contributed by atoms with Gasteiger partial charge < -0.3 is 130 Å². The fraction of sp³-hybridized carbons (Fsp3) is 0.969. The number of aliphatic hydroxyl groups is 16. The van der Waals surface area contributed by atoms with E-state index in [4.69, 9.17) is 42.6 Å². The van der Waals surface area contributed by atoms with Crippen molar-refractivity contribution in [3.05, 3.63) is 0 Å². The van der Waals surface area contributed by atoms with Gasteiger partial charge in [0, 0.05) is 6.92 Å². The first-order chi connectivity index (χ1) is 27.9. The lowest BCUT2D eigenvalue weighted by Crippen LogP contribution is -2.67. The van der Waals surface area contributed by atoms with E-state index >= 15 is 0 Å². The summed E-state index contributed by atoms with van der Waals surface area (Å²) in [5, 5.41) is 168. The van der Waals surface area contributed by atoms with Gasteiger partial charge in [0.15, 0.2) is 31.5 Å². The van der Waals surface area contributed by atoms with Gasteiger partial charge in [0.05, 0.1) is 33.0 Å². The molecule has 0 bridgehead atoms. The van der Waals surface area contributed by atoms with Crippen molar-refractivity contribution in [1.82, 2.24) is 5.32 Å². The Kier molecular flexibility index (Phi) is 17.1. The first kappa shape index (κ1) is 48.5. The minimum atomic E-state index is -2.16. The van der Waals surface area contributed by atoms with E-state index in [0.717, 1.165) is 6.92 Å². The Bertz CT molecular complexity index is 1330. The predicted molar refractivity (Wildman–Crippen MR) is 178 cm³/mol. The van der Waals surface area contributed by atoms with E-state index in [2.05, 4.69) is 5.32 Å². The Labute approximate surface area is 333 Å². The summed E-state index contributed by atoms with van der Waals surface area (Å²) in [6.07, 6.45) is -44.2. The molecule has 0 aromatic heterocycles. The van der Waals surface area contributed by atoms with Gasteiger partial charge >= 0.3 is 0 Å². The molecular weight excluding hydrogens is 814 g/mol. The Morgan fingerprint density at radius 3 is 1.37 bits per heavy atom. The van der Waals surface area contributed by atoms with Crippen LogP contribution in [0.15, 0.2) is 0 Å². The van der Waals surface area contributed by atoms with E-state index in [1.807, 2.05) is 0 Å². The fourth-order valence-corrected chi connectivity index (χ4v) is 7.46. The molecule has 17 N–H and O–H groups in total. The van der Waals surface area contributed by atoms with E-state index in [0.29, 0.717) is 0 Å². The first-order valence-corrected chi connectivity index (χ1v) is 18.6. The van der Waals surface area contributed by atoms with Crippen LogP contribution in [0.5, 0.6) is 0 Å². The van der Waals surface area contributed by atoms with Crippen LogP contribution in [0.4, 0.5) is 0 Å². The van der Waals surface area contributed by atoms with Crippen molar-refractivity contribution < 1.29 is 129 Å². The van der Waals surface area contributed by atoms with E-state index in [-0.39, 0.29) is 0 Å². The molecule has 0 spiro atoms. The van der Waals surface area contributed by atoms with Crippen molar-refractivity contribution in [1.29, 1.82) is 0 Å². The molecule has 5 saturated heterocycles. The highest BCUT2D eigenvalue weighted by atomic mass is 16.8. The van der Waals surface area contributed by atoms with Crippen LogP contribution in [-0.2, 0) is 47.4 Å². The SMILES string of the molecule is CC(=O)N[C@H]1[C@@H](O[C@H]2[C@@H](O[C@@H]3[C@@H](O[C@@H]4O[C@@H]([C@H](O)CO)[C@H](O)[C@H]4O)[C@@H](O)[C@@H](CO)O[C@H]3O)O[C@@H]([C@H](O)CO)[C@@H]2O)O[C@H](CO)[C@@H](O)[C@@H]1O[C@H]1O[C@@H]([C@H](O)CO)[C@H](O)[C@H]1O. The highest BCUT2D eigenvalue weighted by Gasteiger charge is 2.58. The van der Waals surface area contributed by atoms with Gasteiger partial charge in [-0.25, -0.2) is 0 Å². The van der Waals surface area contributed by atoms with Crippen LogP contribution in [0.1, 0.15) is 6.92 Å². The molecule has 5 aliphatic rings. The minimum absolute atomic E-state index is 0.813. The Morgan fingerprint density at radius 1 is 0.492 bits per heavy atom. The van der Waals surface area contributed by atoms with Gasteiger partial charge in [0.2, 0.25) is 5.91 Å². The fourth-order valence-electron chi connectivity index (χ4n) is 7.46. The van der Waals surface area contributed by atoms with Crippen molar-refractivity contribution in [3.8, 4) is 0 Å². The summed E-state index contributed by atoms with van der Waals surface area (Å²) < 4.78 is 50.9. The van der Waals surface area contributed by atoms with Crippen LogP contribution < -0.4 is 5.32 Å². The molecule has 0 aliphatic carbocycles. The van der Waals surface area contributed by atoms with Gasteiger partial charge in [0.25, 0.3) is 0 Å². The largest absolute Gasteiger partial charge is 0.394 e. The van der Waals surface area contributed by atoms with E-state index in [1.54, 1.807) is 0 Å². The highest BCUT2D eigenvalue weighted by Crippen LogP contribution is 2.38. The lowest BCUT2D eigenvalue weighted by molar-refractivity contribution is -0.362. The molecular formula is C32H55NO26. The van der Waals surface area contributed by atoms with E-state index in [9.17, 15) is 86.5 Å². The van der Waals surface area contributed by atoms with Crippen molar-refractivity contribution in [3.63, 3.8) is 0 Å². The first-order valence-electron chi connectivity index (χ1n) is 18.6. The van der Waals surface area contributed by atoms with Crippen molar-refractivity contribution in [2.45, 2.75) is 160 Å². The molecule has 0 radical (unpaired) electrons. The molecule has 5 rings (SSSR count). The molecule has 0 aromatic carbocycles. The second-order valence-electron chi connectivity index (χ2n) is 14.7. The molecule has 344 valence electrons. The Hall–Kier alpha value is -1.53. The molecule has 5 aliphatic heterocycles. The third-order valence-electron chi connectivity index (χ3n) is 10.6. The molecule has 0 saturated carbocycles. The molecule has 5 heterocycles. The van der Waals surface area contributed by atoms with Gasteiger partial charge in [0.1, 0.15) is 122 Å². The molecule has 59 heavy (non-hydrogen) atoms. The lowest BCUT2D eigenvalue weighted by atomic mass is 9.96. The number of amides is 1. The normalized spacial score (nSPS) is 48.2. The Morgan fingerprint density at radius 2 is 0.898 bits per heavy atom. The summed E-state index contributed by atoms with van der Waals surface area (Å²) in [5.41, 5.74) is 0. The predicted octanol–water partition coefficient (Wildman–Crippen LogP) is -11.8. The minimum Gasteiger partial charge on any atom is -0.394 e. The van der Waals surface area contributed by atoms with Gasteiger partial charge in [-0.2, -0.15) is 0 Å². The maximum absolute atomic E-state index is 12.5. The van der Waals surface area contributed by atoms with Crippen LogP contribution in [0.25, 0.3) is 0 Å². The number of rotatable bonds is 17. The van der Waals surface area contributed by atoms with E-state index < -0.39 is 192 Å². The molecule has 0 aromatic rings. The molecule has 0 unspecified atom stereocenters. The van der Waals surface area contributed by atoms with Crippen LogP contribution in [0.2, 0.25) is 0 Å². The summed E-state index contributed by atoms with van der Waals surface area (Å²) in [6.45, 7) is -3.67. The second-order valence-corrected chi connectivity index (χ2v) is 14.7. The van der Waals surface area contributed by atoms with Crippen molar-refractivity contribution in [2.75, 3.05) is 33.0 Å². The van der Waals surface area contributed by atoms with Crippen LogP contribution in [0.3, 0.4) is 0 Å². The number of hydrogen-bond acceptors (Lipinski definition) is 26. The number of hydrogen-bond donors (Lipinski definition) is 17. The maximum Gasteiger partial charge on any atom is 0.217 e. The molecule has 27 heteroatoms. The average Bonchev–Trinajstić information content (AvgIpc) is 3.79. The number of carbonyl (C=O) groups excluding carboxylic acids is 1. The topological polar surface area (TPSA) is 436 Å². The monoisotopic (exact) mass is 869 g/mol. The van der Waals surface area contributed by atoms with E-state index in [1.165, 1.54) is 0 Å². The third-order valence-corrected chi connectivity index (χ3v) is 10.6. The summed E-state index contributed by atoms with van der Waals surface area (Å²) >= 11 is 0. The highest BCUT2D eigenvalue weighted by molar-refractivity contribution is 5.73. The zero-order chi connectivity index (χ0) is 43.6. The van der Waals surface area contributed by atoms with Gasteiger partial charge in [-0.05, 0) is 0 Å². The summed E-state index contributed by atoms with van der Waals surface area (Å²) in [6, 6.07) is -1.68. The van der Waals surface area contributed by atoms with Crippen LogP contribution >= 0.6 is 0 Å². The van der Waals surface area contributed by atoms with Gasteiger partial charge in [-0.3, -0.25) is 4.79 Å². The molecule has 5 fully saturated rings. The van der Waals surface area contributed by atoms with Crippen molar-refractivity contribution in [2.24, 2.45) is 0 Å². The zero-order valence-corrected chi connectivity index (χ0v) is 31.2. The van der Waals surface area contributed by atoms with Crippen molar-refractivity contribution >= 4 is 5.91 Å². The third kappa shape index (κ3) is 10.2.